The summed E-state index contributed by atoms with van der Waals surface area (Å²) in [4.78, 5) is 42.9. The zero-order valence-electron chi connectivity index (χ0n) is 25.8. The van der Waals surface area contributed by atoms with Crippen molar-refractivity contribution in [1.29, 1.82) is 0 Å². The molecular weight excluding hydrogens is 691 g/mol. The van der Waals surface area contributed by atoms with E-state index < -0.39 is 94.7 Å². The molecule has 50 heavy (non-hydrogen) atoms. The average molecular weight is 717 g/mol. The fourth-order valence-corrected chi connectivity index (χ4v) is 5.71. The van der Waals surface area contributed by atoms with E-state index in [2.05, 4.69) is 4.98 Å². The third-order valence-corrected chi connectivity index (χ3v) is 8.27. The third-order valence-electron chi connectivity index (χ3n) is 8.27. The number of aromatic nitrogens is 2. The van der Waals surface area contributed by atoms with Crippen molar-refractivity contribution in [3.05, 3.63) is 92.8 Å². The first-order valence-electron chi connectivity index (χ1n) is 14.6. The molecular formula is C32H25F9N4O5. The molecule has 1 amide bonds. The summed E-state index contributed by atoms with van der Waals surface area (Å²) in [5.41, 5.74) is -5.80. The van der Waals surface area contributed by atoms with Gasteiger partial charge in [-0.15, -0.1) is 0 Å². The number of nitrogens with one attached hydrogen (secondary N) is 1. The molecule has 1 fully saturated rings. The van der Waals surface area contributed by atoms with Crippen molar-refractivity contribution in [2.75, 3.05) is 24.7 Å². The Hall–Kier alpha value is -5.13. The highest BCUT2D eigenvalue weighted by atomic mass is 19.4. The number of hydrogen-bond acceptors (Lipinski definition) is 6. The van der Waals surface area contributed by atoms with E-state index in [1.54, 1.807) is 0 Å². The molecule has 2 atom stereocenters. The van der Waals surface area contributed by atoms with Gasteiger partial charge in [0, 0.05) is 42.3 Å². The van der Waals surface area contributed by atoms with Crippen LogP contribution in [0.4, 0.5) is 45.2 Å². The van der Waals surface area contributed by atoms with E-state index in [4.69, 9.17) is 4.74 Å². The number of carboxylic acid groups (broad SMARTS) is 1. The van der Waals surface area contributed by atoms with Crippen LogP contribution in [0.15, 0.2) is 47.4 Å². The molecule has 18 heteroatoms. The minimum atomic E-state index is -5.00. The van der Waals surface area contributed by atoms with Gasteiger partial charge in [-0.1, -0.05) is 12.1 Å². The van der Waals surface area contributed by atoms with Gasteiger partial charge < -0.3 is 24.6 Å². The van der Waals surface area contributed by atoms with E-state index in [9.17, 15) is 50.2 Å². The lowest BCUT2D eigenvalue weighted by Gasteiger charge is -2.38. The van der Waals surface area contributed by atoms with Crippen LogP contribution in [0.5, 0.6) is 0 Å². The first kappa shape index (κ1) is 36.2. The van der Waals surface area contributed by atoms with E-state index in [-0.39, 0.29) is 40.9 Å². The number of pyridine rings is 2. The first-order chi connectivity index (χ1) is 23.3. The fourth-order valence-electron chi connectivity index (χ4n) is 5.71. The zero-order valence-corrected chi connectivity index (χ0v) is 25.8. The Kier molecular flexibility index (Phi) is 9.62. The molecule has 0 unspecified atom stereocenters. The number of aryl methyl sites for hydroxylation is 1. The van der Waals surface area contributed by atoms with Gasteiger partial charge >= 0.3 is 18.3 Å². The van der Waals surface area contributed by atoms with Gasteiger partial charge in [0.1, 0.15) is 35.1 Å². The maximum absolute atomic E-state index is 15.1. The molecule has 2 N–H and O–H groups in total. The van der Waals surface area contributed by atoms with Gasteiger partial charge in [-0.2, -0.15) is 26.3 Å². The van der Waals surface area contributed by atoms with Crippen LogP contribution in [-0.2, 0) is 29.2 Å². The summed E-state index contributed by atoms with van der Waals surface area (Å²) in [6, 6.07) is 0.470. The summed E-state index contributed by atoms with van der Waals surface area (Å²) in [6.45, 7) is -0.0863. The van der Waals surface area contributed by atoms with Crippen LogP contribution in [0.3, 0.4) is 0 Å². The lowest BCUT2D eigenvalue weighted by molar-refractivity contribution is -0.167. The highest BCUT2D eigenvalue weighted by molar-refractivity contribution is 5.99. The van der Waals surface area contributed by atoms with E-state index in [1.165, 1.54) is 14.0 Å². The molecule has 0 radical (unpaired) electrons. The molecule has 4 aromatic rings. The molecule has 0 spiro atoms. The van der Waals surface area contributed by atoms with Crippen molar-refractivity contribution < 1.29 is 58.9 Å². The summed E-state index contributed by atoms with van der Waals surface area (Å²) in [5, 5.41) is 11.6. The SMILES string of the molecule is Cc1cc(C(F)(F)F)c(-c2ccc(C[C@H](NC(=O)c3c(F)cc(N4CCOC[C@@H]4C(F)(F)F)cc3F)C(=O)O)c3cc(F)cnc23)c(=O)n1C. The first-order valence-corrected chi connectivity index (χ1v) is 14.6. The second kappa shape index (κ2) is 13.3. The maximum Gasteiger partial charge on any atom is 0.417 e. The number of amides is 1. The van der Waals surface area contributed by atoms with Gasteiger partial charge in [-0.25, -0.2) is 18.0 Å². The number of carbonyl (C=O) groups excluding carboxylic acids is 1. The van der Waals surface area contributed by atoms with Crippen molar-refractivity contribution in [3.63, 3.8) is 0 Å². The number of morpholine rings is 1. The third kappa shape index (κ3) is 6.97. The smallest absolute Gasteiger partial charge is 0.417 e. The molecule has 2 aromatic carbocycles. The average Bonchev–Trinajstić information content (AvgIpc) is 3.02. The Labute approximate surface area is 275 Å². The van der Waals surface area contributed by atoms with Gasteiger partial charge in [0.25, 0.3) is 11.5 Å². The lowest BCUT2D eigenvalue weighted by atomic mass is 9.93. The molecule has 1 aliphatic heterocycles. The number of carbonyl (C=O) groups is 2. The van der Waals surface area contributed by atoms with Crippen LogP contribution in [0.25, 0.3) is 22.0 Å². The van der Waals surface area contributed by atoms with Gasteiger partial charge in [-0.05, 0) is 36.8 Å². The number of fused-ring (bicyclic) bond motifs is 1. The Bertz CT molecular complexity index is 2040. The number of anilines is 1. The van der Waals surface area contributed by atoms with Crippen molar-refractivity contribution >= 4 is 28.5 Å². The summed E-state index contributed by atoms with van der Waals surface area (Å²) in [5.74, 6) is -7.54. The van der Waals surface area contributed by atoms with Crippen LogP contribution in [0.1, 0.15) is 27.2 Å². The molecule has 1 saturated heterocycles. The summed E-state index contributed by atoms with van der Waals surface area (Å²) < 4.78 is 133. The fraction of sp³-hybridized carbons (Fsp3) is 0.312. The molecule has 9 nitrogen and oxygen atoms in total. The number of ether oxygens (including phenoxy) is 1. The van der Waals surface area contributed by atoms with Crippen LogP contribution in [-0.4, -0.2) is 64.6 Å². The van der Waals surface area contributed by atoms with Crippen molar-refractivity contribution in [2.45, 2.75) is 37.8 Å². The largest absolute Gasteiger partial charge is 0.480 e. The molecule has 2 aromatic heterocycles. The Morgan fingerprint density at radius 1 is 1.06 bits per heavy atom. The molecule has 0 saturated carbocycles. The van der Waals surface area contributed by atoms with E-state index in [1.807, 2.05) is 5.32 Å². The molecule has 5 rings (SSSR count). The number of nitrogens with zero attached hydrogens (tertiary/aromatic N) is 3. The quantitative estimate of drug-likeness (QED) is 0.242. The minimum absolute atomic E-state index is 0.0137. The van der Waals surface area contributed by atoms with E-state index in [0.29, 0.717) is 23.2 Å². The predicted octanol–water partition coefficient (Wildman–Crippen LogP) is 5.54. The van der Waals surface area contributed by atoms with Crippen molar-refractivity contribution in [1.82, 2.24) is 14.9 Å². The molecule has 1 aliphatic rings. The standard InChI is InChI=1S/C32H25F9N4O5/c1-14-7-20(31(36,37)38)25(29(47)44(14)2)18-4-3-15(19-9-16(33)12-42-27(18)19)8-23(30(48)49)43-28(46)26-21(34)10-17(11-22(26)35)45-5-6-50-13-24(45)32(39,40)41/h3-4,7,9-12,23-24H,5-6,8,13H2,1-2H3,(H,43,46)(H,48,49)/t23-,24+/m0/s1. The topological polar surface area (TPSA) is 114 Å². The number of alkyl halides is 6. The van der Waals surface area contributed by atoms with Gasteiger partial charge in [0.2, 0.25) is 0 Å². The second-order valence-corrected chi connectivity index (χ2v) is 11.4. The Morgan fingerprint density at radius 3 is 2.32 bits per heavy atom. The van der Waals surface area contributed by atoms with E-state index in [0.717, 1.165) is 28.8 Å². The molecule has 266 valence electrons. The maximum atomic E-state index is 15.1. The number of aliphatic carboxylic acids is 1. The van der Waals surface area contributed by atoms with Crippen LogP contribution >= 0.6 is 0 Å². The monoisotopic (exact) mass is 716 g/mol. The van der Waals surface area contributed by atoms with Crippen molar-refractivity contribution in [3.8, 4) is 11.1 Å². The number of carboxylic acids is 1. The molecule has 0 aliphatic carbocycles. The van der Waals surface area contributed by atoms with Gasteiger partial charge in [0.05, 0.1) is 36.1 Å². The van der Waals surface area contributed by atoms with Crippen LogP contribution in [0.2, 0.25) is 0 Å². The van der Waals surface area contributed by atoms with Crippen LogP contribution in [0, 0.1) is 24.4 Å². The Morgan fingerprint density at radius 2 is 1.72 bits per heavy atom. The summed E-state index contributed by atoms with van der Waals surface area (Å²) in [6.07, 6.45) is -9.87. The highest BCUT2D eigenvalue weighted by Crippen LogP contribution is 2.39. The normalized spacial score (nSPS) is 16.1. The number of rotatable bonds is 7. The van der Waals surface area contributed by atoms with Gasteiger partial charge in [0.15, 0.2) is 0 Å². The molecule has 0 bridgehead atoms. The number of hydrogen-bond donors (Lipinski definition) is 2. The highest BCUT2D eigenvalue weighted by Gasteiger charge is 2.46. The number of benzene rings is 2. The predicted molar refractivity (Wildman–Crippen MR) is 159 cm³/mol. The Balaban J connectivity index is 1.51. The zero-order chi connectivity index (χ0) is 36.9. The van der Waals surface area contributed by atoms with Gasteiger partial charge in [-0.3, -0.25) is 14.6 Å². The minimum Gasteiger partial charge on any atom is -0.480 e. The van der Waals surface area contributed by atoms with E-state index >= 15 is 8.78 Å². The second-order valence-electron chi connectivity index (χ2n) is 11.4. The summed E-state index contributed by atoms with van der Waals surface area (Å²) >= 11 is 0. The lowest BCUT2D eigenvalue weighted by Crippen LogP contribution is -2.53. The van der Waals surface area contributed by atoms with Crippen LogP contribution < -0.4 is 15.8 Å². The van der Waals surface area contributed by atoms with Crippen molar-refractivity contribution in [2.24, 2.45) is 7.05 Å². The number of halogens is 9. The molecule has 3 heterocycles. The summed E-state index contributed by atoms with van der Waals surface area (Å²) in [7, 11) is 1.24.